The van der Waals surface area contributed by atoms with Crippen molar-refractivity contribution in [3.05, 3.63) is 71.2 Å². The highest BCUT2D eigenvalue weighted by Crippen LogP contribution is 2.32. The molecule has 0 aliphatic carbocycles. The number of allylic oxidation sites excluding steroid dienone is 1. The average molecular weight is 470 g/mol. The Hall–Kier alpha value is -2.95. The molecule has 1 aliphatic rings. The number of amides is 1. The quantitative estimate of drug-likeness (QED) is 0.426. The van der Waals surface area contributed by atoms with E-state index in [9.17, 15) is 9.18 Å². The first-order valence-corrected chi connectivity index (χ1v) is 12.4. The number of rotatable bonds is 5. The van der Waals surface area contributed by atoms with Crippen molar-refractivity contribution in [3.8, 4) is 0 Å². The highest BCUT2D eigenvalue weighted by Gasteiger charge is 2.21. The smallest absolute Gasteiger partial charge is 0.223 e. The van der Waals surface area contributed by atoms with Crippen LogP contribution in [0.3, 0.4) is 0 Å². The van der Waals surface area contributed by atoms with Crippen LogP contribution in [-0.2, 0) is 17.6 Å². The van der Waals surface area contributed by atoms with Crippen LogP contribution in [0.4, 0.5) is 15.8 Å². The molecule has 0 saturated heterocycles. The van der Waals surface area contributed by atoms with Crippen LogP contribution >= 0.6 is 0 Å². The van der Waals surface area contributed by atoms with E-state index in [1.54, 1.807) is 24.0 Å². The molecule has 0 N–H and O–H groups in total. The van der Waals surface area contributed by atoms with Gasteiger partial charge in [0.15, 0.2) is 0 Å². The summed E-state index contributed by atoms with van der Waals surface area (Å²) >= 11 is 0. The van der Waals surface area contributed by atoms with E-state index < -0.39 is 0 Å². The summed E-state index contributed by atoms with van der Waals surface area (Å²) in [6.45, 7) is 17.4. The number of hydrogen-bond acceptors (Lipinski definition) is 3. The van der Waals surface area contributed by atoms with Gasteiger partial charge in [-0.2, -0.15) is 0 Å². The molecule has 3 rings (SSSR count). The minimum Gasteiger partial charge on any atom is -0.365 e. The summed E-state index contributed by atoms with van der Waals surface area (Å²) < 4.78 is 12.2. The monoisotopic (exact) mass is 469 g/mol. The second kappa shape index (κ2) is 17.5. The average Bonchev–Trinajstić information content (AvgIpc) is 3.28. The van der Waals surface area contributed by atoms with E-state index in [1.807, 2.05) is 73.9 Å². The van der Waals surface area contributed by atoms with Gasteiger partial charge < -0.3 is 9.80 Å². The Bertz CT molecular complexity index is 904. The summed E-state index contributed by atoms with van der Waals surface area (Å²) in [5.74, 6) is -0.114. The van der Waals surface area contributed by atoms with E-state index in [4.69, 9.17) is 0 Å². The normalized spacial score (nSPS) is 11.9. The van der Waals surface area contributed by atoms with Gasteiger partial charge in [0.05, 0.1) is 12.2 Å². The van der Waals surface area contributed by atoms with Crippen LogP contribution in [-0.4, -0.2) is 32.3 Å². The van der Waals surface area contributed by atoms with Gasteiger partial charge in [0.25, 0.3) is 0 Å². The van der Waals surface area contributed by atoms with Crippen molar-refractivity contribution in [3.63, 3.8) is 0 Å². The Morgan fingerprint density at radius 1 is 1.09 bits per heavy atom. The van der Waals surface area contributed by atoms with Crippen LogP contribution in [0.2, 0.25) is 0 Å². The molecule has 0 spiro atoms. The molecule has 1 amide bonds. The first-order valence-electron chi connectivity index (χ1n) is 12.4. The number of aliphatic imine (C=N–C) groups is 1. The van der Waals surface area contributed by atoms with Gasteiger partial charge in [-0.25, -0.2) is 4.39 Å². The van der Waals surface area contributed by atoms with Crippen LogP contribution in [0.5, 0.6) is 0 Å². The summed E-state index contributed by atoms with van der Waals surface area (Å²) in [5.41, 5.74) is 5.74. The standard InChI is InChI=1S/C17H23N3O.C8H9F.2C2H6/c1-5-15(18-6-2)12-20-10-9-14-7-8-16(11-17(14)20)19(4)13(3)21;1-2-7-3-5-8(9)6-4-7;2*1-2/h5-8,11H,9-10,12H2,1-4H3;3-6H,2H2,1H3;2*1-2H3/b15-5-,18-6?;;;. The van der Waals surface area contributed by atoms with Crippen LogP contribution in [0.15, 0.2) is 59.2 Å². The minimum absolute atomic E-state index is 0.0456. The van der Waals surface area contributed by atoms with Crippen molar-refractivity contribution in [2.24, 2.45) is 4.99 Å². The third-order valence-electron chi connectivity index (χ3n) is 5.22. The van der Waals surface area contributed by atoms with Crippen LogP contribution < -0.4 is 9.80 Å². The first-order chi connectivity index (χ1) is 16.4. The van der Waals surface area contributed by atoms with E-state index in [1.165, 1.54) is 28.9 Å². The lowest BCUT2D eigenvalue weighted by molar-refractivity contribution is -0.116. The van der Waals surface area contributed by atoms with Crippen molar-refractivity contribution >= 4 is 23.5 Å². The van der Waals surface area contributed by atoms with Gasteiger partial charge in [-0.1, -0.05) is 58.9 Å². The fourth-order valence-electron chi connectivity index (χ4n) is 3.28. The van der Waals surface area contributed by atoms with Crippen LogP contribution in [0.1, 0.15) is 66.5 Å². The Morgan fingerprint density at radius 2 is 1.71 bits per heavy atom. The van der Waals surface area contributed by atoms with Gasteiger partial charge in [0, 0.05) is 38.1 Å². The highest BCUT2D eigenvalue weighted by atomic mass is 19.1. The van der Waals surface area contributed by atoms with Gasteiger partial charge in [-0.15, -0.1) is 0 Å². The van der Waals surface area contributed by atoms with Crippen molar-refractivity contribution < 1.29 is 9.18 Å². The number of anilines is 2. The molecule has 4 nitrogen and oxygen atoms in total. The zero-order valence-electron chi connectivity index (χ0n) is 22.7. The lowest BCUT2D eigenvalue weighted by Gasteiger charge is -2.22. The van der Waals surface area contributed by atoms with Crippen molar-refractivity contribution in [2.75, 3.05) is 29.9 Å². The van der Waals surface area contributed by atoms with Crippen LogP contribution in [0, 0.1) is 5.82 Å². The van der Waals surface area contributed by atoms with Crippen molar-refractivity contribution in [2.45, 2.75) is 68.2 Å². The van der Waals surface area contributed by atoms with E-state index in [0.29, 0.717) is 0 Å². The van der Waals surface area contributed by atoms with Gasteiger partial charge >= 0.3 is 0 Å². The number of aryl methyl sites for hydroxylation is 1. The first kappa shape index (κ1) is 31.0. The molecular formula is C29H44FN3O. The number of hydrogen-bond donors (Lipinski definition) is 0. The molecular weight excluding hydrogens is 425 g/mol. The number of halogens is 1. The van der Waals surface area contributed by atoms with Gasteiger partial charge in [-0.05, 0) is 62.1 Å². The minimum atomic E-state index is -0.160. The van der Waals surface area contributed by atoms with E-state index >= 15 is 0 Å². The Kier molecular flexibility index (Phi) is 16.0. The molecule has 0 bridgehead atoms. The molecule has 188 valence electrons. The molecule has 0 fully saturated rings. The summed E-state index contributed by atoms with van der Waals surface area (Å²) in [6.07, 6.45) is 5.89. The SMILES string of the molecule is CC.CC.CC=N/C(=C\C)CN1CCc2ccc(N(C)C(C)=O)cc21.CCc1ccc(F)cc1. The molecule has 0 unspecified atom stereocenters. The molecule has 0 radical (unpaired) electrons. The fraction of sp³-hybridized carbons (Fsp3) is 0.448. The van der Waals surface area contributed by atoms with Gasteiger partial charge in [0.2, 0.25) is 5.91 Å². The Labute approximate surface area is 207 Å². The summed E-state index contributed by atoms with van der Waals surface area (Å²) in [5, 5.41) is 0. The lowest BCUT2D eigenvalue weighted by atomic mass is 10.1. The largest absolute Gasteiger partial charge is 0.365 e. The number of nitrogens with zero attached hydrogens (tertiary/aromatic N) is 3. The summed E-state index contributed by atoms with van der Waals surface area (Å²) in [4.78, 5) is 19.9. The van der Waals surface area contributed by atoms with Crippen LogP contribution in [0.25, 0.3) is 0 Å². The maximum atomic E-state index is 12.2. The maximum absolute atomic E-state index is 12.2. The zero-order chi connectivity index (χ0) is 26.1. The summed E-state index contributed by atoms with van der Waals surface area (Å²) in [6, 6.07) is 12.8. The van der Waals surface area contributed by atoms with E-state index in [2.05, 4.69) is 22.0 Å². The molecule has 0 aromatic heterocycles. The molecule has 1 aliphatic heterocycles. The predicted octanol–water partition coefficient (Wildman–Crippen LogP) is 7.47. The van der Waals surface area contributed by atoms with E-state index in [0.717, 1.165) is 37.3 Å². The van der Waals surface area contributed by atoms with Gasteiger partial charge in [-0.3, -0.25) is 9.79 Å². The highest BCUT2D eigenvalue weighted by molar-refractivity contribution is 5.91. The van der Waals surface area contributed by atoms with Crippen molar-refractivity contribution in [1.82, 2.24) is 0 Å². The molecule has 5 heteroatoms. The second-order valence-electron chi connectivity index (χ2n) is 7.21. The van der Waals surface area contributed by atoms with Crippen molar-refractivity contribution in [1.29, 1.82) is 0 Å². The number of carbonyl (C=O) groups excluding carboxylic acids is 1. The zero-order valence-corrected chi connectivity index (χ0v) is 22.7. The molecule has 0 atom stereocenters. The molecule has 2 aromatic rings. The maximum Gasteiger partial charge on any atom is 0.223 e. The molecule has 1 heterocycles. The molecule has 2 aromatic carbocycles. The van der Waals surface area contributed by atoms with E-state index in [-0.39, 0.29) is 11.7 Å². The fourth-order valence-corrected chi connectivity index (χ4v) is 3.28. The number of fused-ring (bicyclic) bond motifs is 1. The topological polar surface area (TPSA) is 35.9 Å². The molecule has 0 saturated carbocycles. The third-order valence-corrected chi connectivity index (χ3v) is 5.22. The number of carbonyl (C=O) groups is 1. The molecule has 34 heavy (non-hydrogen) atoms. The lowest BCUT2D eigenvalue weighted by Crippen LogP contribution is -2.25. The second-order valence-corrected chi connectivity index (χ2v) is 7.21. The van der Waals surface area contributed by atoms with Gasteiger partial charge in [0.1, 0.15) is 5.82 Å². The Morgan fingerprint density at radius 3 is 2.21 bits per heavy atom. The number of benzene rings is 2. The summed E-state index contributed by atoms with van der Waals surface area (Å²) in [7, 11) is 1.81. The Balaban J connectivity index is 0.000000698. The predicted molar refractivity (Wildman–Crippen MR) is 148 cm³/mol. The third kappa shape index (κ3) is 9.90.